The van der Waals surface area contributed by atoms with Crippen molar-refractivity contribution in [2.45, 2.75) is 95.0 Å². The van der Waals surface area contributed by atoms with Crippen LogP contribution < -0.4 is 27.0 Å². The van der Waals surface area contributed by atoms with Gasteiger partial charge in [-0.25, -0.2) is 4.79 Å². The van der Waals surface area contributed by atoms with Crippen molar-refractivity contribution in [3.8, 4) is 0 Å². The zero-order valence-electron chi connectivity index (χ0n) is 35.7. The van der Waals surface area contributed by atoms with Crippen molar-refractivity contribution in [1.29, 1.82) is 0 Å². The number of rotatable bonds is 20. The van der Waals surface area contributed by atoms with Crippen molar-refractivity contribution in [3.63, 3.8) is 0 Å². The SMILES string of the molecule is CC[C@H](C)[C@H](NC(=O)[C@@H](N)Cc1ccccc1)C(=O)N[C@@H](Cc1ccccc1)C(=O)N[C@@H](Cc1c[nH]c2ccccc12)C(=O)N1CCC[C@H]1C(=O)N[C@@H](Cc1ccccc1)C(=O)O. The Morgan fingerprint density at radius 3 is 1.84 bits per heavy atom. The molecule has 0 spiro atoms. The number of aromatic nitrogens is 1. The minimum absolute atomic E-state index is 0.0437. The Balaban J connectivity index is 1.25. The Morgan fingerprint density at radius 1 is 0.683 bits per heavy atom. The first-order valence-corrected chi connectivity index (χ1v) is 21.6. The summed E-state index contributed by atoms with van der Waals surface area (Å²) in [4.78, 5) is 87.9. The monoisotopic (exact) mass is 855 g/mol. The third kappa shape index (κ3) is 12.2. The lowest BCUT2D eigenvalue weighted by Crippen LogP contribution is -2.60. The van der Waals surface area contributed by atoms with Gasteiger partial charge in [0.25, 0.3) is 0 Å². The number of carbonyl (C=O) groups is 6. The number of amides is 5. The molecule has 63 heavy (non-hydrogen) atoms. The first-order chi connectivity index (χ1) is 30.4. The predicted molar refractivity (Wildman–Crippen MR) is 240 cm³/mol. The standard InChI is InChI=1S/C49H57N7O7/c1-3-31(2)43(55-44(57)37(50)26-32-16-7-4-8-17-32)47(60)52-39(27-33-18-9-5-10-19-33)45(58)53-40(29-35-30-51-38-23-14-13-22-36(35)38)48(61)56-25-15-24-42(56)46(59)54-41(49(62)63)28-34-20-11-6-12-21-34/h4-14,16-23,30-31,37,39-43,51H,3,15,24-29,50H2,1-2H3,(H,52,60)(H,53,58)(H,54,59)(H,55,57)(H,62,63)/t31-,37-,39-,40-,41-,42-,43-/m0/s1. The van der Waals surface area contributed by atoms with Gasteiger partial charge in [0, 0.05) is 42.9 Å². The molecule has 4 aromatic carbocycles. The van der Waals surface area contributed by atoms with Gasteiger partial charge in [-0.3, -0.25) is 24.0 Å². The molecule has 6 rings (SSSR count). The molecular formula is C49H57N7O7. The fourth-order valence-corrected chi connectivity index (χ4v) is 8.06. The number of aromatic amines is 1. The number of nitrogens with one attached hydrogen (secondary N) is 5. The second-order valence-electron chi connectivity index (χ2n) is 16.3. The maximum absolute atomic E-state index is 14.8. The van der Waals surface area contributed by atoms with E-state index in [9.17, 15) is 33.9 Å². The number of hydrogen-bond acceptors (Lipinski definition) is 7. The van der Waals surface area contributed by atoms with Gasteiger partial charge in [-0.05, 0) is 53.5 Å². The quantitative estimate of drug-likeness (QED) is 0.0610. The van der Waals surface area contributed by atoms with Crippen molar-refractivity contribution in [3.05, 3.63) is 144 Å². The summed E-state index contributed by atoms with van der Waals surface area (Å²) in [6, 6.07) is 28.4. The molecule has 0 radical (unpaired) electrons. The van der Waals surface area contributed by atoms with Crippen LogP contribution in [0.25, 0.3) is 10.9 Å². The third-order valence-electron chi connectivity index (χ3n) is 11.8. The molecule has 2 heterocycles. The normalized spacial score (nSPS) is 16.5. The number of fused-ring (bicyclic) bond motifs is 1. The first-order valence-electron chi connectivity index (χ1n) is 21.6. The molecule has 330 valence electrons. The Kier molecular flexibility index (Phi) is 15.8. The van der Waals surface area contributed by atoms with Crippen LogP contribution in [0.3, 0.4) is 0 Å². The summed E-state index contributed by atoms with van der Waals surface area (Å²) in [6.45, 7) is 3.94. The third-order valence-corrected chi connectivity index (χ3v) is 11.8. The number of carboxylic acid groups (broad SMARTS) is 1. The van der Waals surface area contributed by atoms with Crippen molar-refractivity contribution >= 4 is 46.4 Å². The molecule has 0 unspecified atom stereocenters. The van der Waals surface area contributed by atoms with Gasteiger partial charge >= 0.3 is 5.97 Å². The molecule has 1 aromatic heterocycles. The number of para-hydroxylation sites is 1. The largest absolute Gasteiger partial charge is 0.480 e. The summed E-state index contributed by atoms with van der Waals surface area (Å²) in [5.74, 6) is -4.40. The van der Waals surface area contributed by atoms with Crippen LogP contribution >= 0.6 is 0 Å². The van der Waals surface area contributed by atoms with Gasteiger partial charge in [0.2, 0.25) is 29.5 Å². The molecular weight excluding hydrogens is 799 g/mol. The van der Waals surface area contributed by atoms with Crippen molar-refractivity contribution in [2.75, 3.05) is 6.54 Å². The molecule has 7 atom stereocenters. The van der Waals surface area contributed by atoms with Gasteiger partial charge in [-0.1, -0.05) is 129 Å². The van der Waals surface area contributed by atoms with Gasteiger partial charge in [-0.15, -0.1) is 0 Å². The number of H-pyrrole nitrogens is 1. The number of hydrogen-bond donors (Lipinski definition) is 7. The summed E-state index contributed by atoms with van der Waals surface area (Å²) < 4.78 is 0. The highest BCUT2D eigenvalue weighted by atomic mass is 16.4. The lowest BCUT2D eigenvalue weighted by Gasteiger charge is -2.31. The van der Waals surface area contributed by atoms with Crippen LogP contribution in [-0.2, 0) is 54.5 Å². The van der Waals surface area contributed by atoms with Crippen LogP contribution in [0, 0.1) is 5.92 Å². The van der Waals surface area contributed by atoms with Gasteiger partial charge in [-0.2, -0.15) is 0 Å². The molecule has 0 aliphatic carbocycles. The average molecular weight is 856 g/mol. The van der Waals surface area contributed by atoms with Crippen molar-refractivity contribution in [1.82, 2.24) is 31.2 Å². The van der Waals surface area contributed by atoms with Crippen molar-refractivity contribution in [2.24, 2.45) is 11.7 Å². The van der Waals surface area contributed by atoms with Crippen LogP contribution in [0.5, 0.6) is 0 Å². The summed E-state index contributed by atoms with van der Waals surface area (Å²) in [5, 5.41) is 22.2. The summed E-state index contributed by atoms with van der Waals surface area (Å²) in [7, 11) is 0. The Labute approximate surface area is 367 Å². The van der Waals surface area contributed by atoms with Gasteiger partial charge in [0.1, 0.15) is 30.2 Å². The number of aliphatic carboxylic acids is 1. The number of likely N-dealkylation sites (tertiary alicyclic amines) is 1. The smallest absolute Gasteiger partial charge is 0.326 e. The predicted octanol–water partition coefficient (Wildman–Crippen LogP) is 3.83. The van der Waals surface area contributed by atoms with Crippen LogP contribution in [0.1, 0.15) is 55.4 Å². The molecule has 14 nitrogen and oxygen atoms in total. The van der Waals surface area contributed by atoms with Gasteiger partial charge in [0.05, 0.1) is 6.04 Å². The number of carboxylic acids is 1. The minimum atomic E-state index is -1.23. The zero-order valence-corrected chi connectivity index (χ0v) is 35.7. The Bertz CT molecular complexity index is 2340. The van der Waals surface area contributed by atoms with E-state index in [1.54, 1.807) is 30.5 Å². The second kappa shape index (κ2) is 21.8. The highest BCUT2D eigenvalue weighted by Gasteiger charge is 2.40. The molecule has 1 fully saturated rings. The van der Waals surface area contributed by atoms with E-state index < -0.39 is 71.8 Å². The minimum Gasteiger partial charge on any atom is -0.480 e. The van der Waals surface area contributed by atoms with Gasteiger partial charge < -0.3 is 42.0 Å². The number of carbonyl (C=O) groups excluding carboxylic acids is 5. The van der Waals surface area contributed by atoms with E-state index in [1.165, 1.54) is 4.90 Å². The molecule has 8 N–H and O–H groups in total. The summed E-state index contributed by atoms with van der Waals surface area (Å²) in [5.41, 5.74) is 10.2. The van der Waals surface area contributed by atoms with E-state index in [2.05, 4.69) is 26.3 Å². The lowest BCUT2D eigenvalue weighted by molar-refractivity contribution is -0.145. The van der Waals surface area contributed by atoms with Crippen LogP contribution in [0.4, 0.5) is 0 Å². The van der Waals surface area contributed by atoms with Gasteiger partial charge in [0.15, 0.2) is 0 Å². The molecule has 0 saturated carbocycles. The fraction of sp³-hybridized carbons (Fsp3) is 0.347. The fourth-order valence-electron chi connectivity index (χ4n) is 8.06. The average Bonchev–Trinajstić information content (AvgIpc) is 3.96. The summed E-state index contributed by atoms with van der Waals surface area (Å²) in [6.07, 6.45) is 3.52. The van der Waals surface area contributed by atoms with E-state index >= 15 is 0 Å². The van der Waals surface area contributed by atoms with E-state index in [0.29, 0.717) is 19.3 Å². The summed E-state index contributed by atoms with van der Waals surface area (Å²) >= 11 is 0. The molecule has 14 heteroatoms. The Hall–Kier alpha value is -6.80. The van der Waals surface area contributed by atoms with Crippen LogP contribution in [-0.4, -0.2) is 93.3 Å². The number of nitrogens with zero attached hydrogens (tertiary/aromatic N) is 1. The maximum atomic E-state index is 14.8. The maximum Gasteiger partial charge on any atom is 0.326 e. The molecule has 1 aliphatic heterocycles. The molecule has 0 bridgehead atoms. The van der Waals surface area contributed by atoms with Crippen LogP contribution in [0.2, 0.25) is 0 Å². The highest BCUT2D eigenvalue weighted by Crippen LogP contribution is 2.24. The zero-order chi connectivity index (χ0) is 44.9. The molecule has 5 aromatic rings. The molecule has 5 amide bonds. The highest BCUT2D eigenvalue weighted by molar-refractivity contribution is 5.97. The van der Waals surface area contributed by atoms with Crippen LogP contribution in [0.15, 0.2) is 121 Å². The van der Waals surface area contributed by atoms with E-state index in [-0.39, 0.29) is 38.1 Å². The Morgan fingerprint density at radius 2 is 1.24 bits per heavy atom. The molecule has 1 saturated heterocycles. The first kappa shape index (κ1) is 45.7. The molecule has 1 aliphatic rings. The van der Waals surface area contributed by atoms with Crippen molar-refractivity contribution < 1.29 is 33.9 Å². The number of benzene rings is 4. The number of nitrogens with two attached hydrogens (primary N) is 1. The second-order valence-corrected chi connectivity index (χ2v) is 16.3. The topological polar surface area (TPSA) is 216 Å². The van der Waals surface area contributed by atoms with E-state index in [1.807, 2.05) is 105 Å². The lowest BCUT2D eigenvalue weighted by atomic mass is 9.96. The van der Waals surface area contributed by atoms with E-state index in [4.69, 9.17) is 5.73 Å². The van der Waals surface area contributed by atoms with E-state index in [0.717, 1.165) is 33.2 Å².